The molecule has 2 rings (SSSR count). The number of hydrogen-bond donors (Lipinski definition) is 2. The fourth-order valence-electron chi connectivity index (χ4n) is 4.83. The predicted molar refractivity (Wildman–Crippen MR) is 159 cm³/mol. The molecule has 2 N–H and O–H groups in total. The Labute approximate surface area is 233 Å². The Balaban J connectivity index is 2.94. The zero-order chi connectivity index (χ0) is 28.5. The molecule has 0 spiro atoms. The summed E-state index contributed by atoms with van der Waals surface area (Å²) in [6, 6.07) is 7.22. The number of hydrogen-bond acceptors (Lipinski definition) is 4. The summed E-state index contributed by atoms with van der Waals surface area (Å²) >= 11 is 6.83. The molecule has 0 heterocycles. The summed E-state index contributed by atoms with van der Waals surface area (Å²) in [5.74, 6) is 0.695. The quantitative estimate of drug-likeness (QED) is 0.200. The van der Waals surface area contributed by atoms with Crippen molar-refractivity contribution in [1.82, 2.24) is 0 Å². The lowest BCUT2D eigenvalue weighted by Crippen LogP contribution is -2.44. The van der Waals surface area contributed by atoms with Gasteiger partial charge in [-0.15, -0.1) is 0 Å². The summed E-state index contributed by atoms with van der Waals surface area (Å²) < 4.78 is 11.3. The third-order valence-electron chi connectivity index (χ3n) is 6.76. The van der Waals surface area contributed by atoms with Gasteiger partial charge in [0.2, 0.25) is 0 Å². The van der Waals surface area contributed by atoms with Crippen LogP contribution in [-0.4, -0.2) is 29.5 Å². The lowest BCUT2D eigenvalue weighted by molar-refractivity contribution is 0.0720. The van der Waals surface area contributed by atoms with Gasteiger partial charge in [0.15, 0.2) is 0 Å². The zero-order valence-corrected chi connectivity index (χ0v) is 24.0. The van der Waals surface area contributed by atoms with E-state index in [0.29, 0.717) is 52.4 Å². The maximum atomic E-state index is 12.5. The lowest BCUT2D eigenvalue weighted by atomic mass is 9.63. The second-order valence-corrected chi connectivity index (χ2v) is 9.45. The van der Waals surface area contributed by atoms with Crippen molar-refractivity contribution >= 4 is 11.6 Å². The first kappa shape index (κ1) is 31.3. The summed E-state index contributed by atoms with van der Waals surface area (Å²) in [5, 5.41) is 25.2. The topological polar surface area (TPSA) is 58.9 Å². The molecule has 3 unspecified atom stereocenters. The second kappa shape index (κ2) is 13.8. The fraction of sp³-hybridized carbons (Fsp3) is 0.333. The maximum absolute atomic E-state index is 12.5. The van der Waals surface area contributed by atoms with Crippen LogP contribution in [0.4, 0.5) is 0 Å². The van der Waals surface area contributed by atoms with Crippen LogP contribution in [0.25, 0.3) is 0 Å². The smallest absolute Gasteiger partial charge is 0.141 e. The van der Waals surface area contributed by atoms with E-state index in [9.17, 15) is 10.2 Å². The van der Waals surface area contributed by atoms with Gasteiger partial charge in [-0.1, -0.05) is 92.9 Å². The van der Waals surface area contributed by atoms with Crippen LogP contribution >= 0.6 is 11.6 Å². The van der Waals surface area contributed by atoms with Gasteiger partial charge in [-0.2, -0.15) is 0 Å². The van der Waals surface area contributed by atoms with E-state index in [2.05, 4.69) is 19.7 Å². The molecule has 0 saturated heterocycles. The molecule has 0 radical (unpaired) electrons. The first-order valence-corrected chi connectivity index (χ1v) is 13.3. The average molecular weight is 537 g/mol. The minimum absolute atomic E-state index is 0.125. The van der Waals surface area contributed by atoms with Gasteiger partial charge >= 0.3 is 0 Å². The molecule has 1 aliphatic rings. The Morgan fingerprint density at radius 1 is 1.03 bits per heavy atom. The van der Waals surface area contributed by atoms with Crippen molar-refractivity contribution < 1.29 is 19.7 Å². The number of benzene rings is 1. The van der Waals surface area contributed by atoms with E-state index in [4.69, 9.17) is 21.1 Å². The summed E-state index contributed by atoms with van der Waals surface area (Å²) in [5.41, 5.74) is -0.714. The van der Waals surface area contributed by atoms with Gasteiger partial charge in [-0.05, 0) is 74.1 Å². The van der Waals surface area contributed by atoms with Gasteiger partial charge < -0.3 is 19.7 Å². The minimum Gasteiger partial charge on any atom is -0.499 e. The largest absolute Gasteiger partial charge is 0.499 e. The Morgan fingerprint density at radius 3 is 2.18 bits per heavy atom. The summed E-state index contributed by atoms with van der Waals surface area (Å²) in [6.45, 7) is 22.6. The Hall–Kier alpha value is -2.89. The molecule has 4 nitrogen and oxygen atoms in total. The second-order valence-electron chi connectivity index (χ2n) is 9.04. The van der Waals surface area contributed by atoms with Crippen LogP contribution in [0, 0.1) is 0 Å². The fourth-order valence-corrected chi connectivity index (χ4v) is 5.20. The van der Waals surface area contributed by atoms with Crippen LogP contribution in [0.3, 0.4) is 0 Å². The molecule has 0 saturated carbocycles. The molecular weight excluding hydrogens is 496 g/mol. The highest BCUT2D eigenvalue weighted by Gasteiger charge is 2.52. The van der Waals surface area contributed by atoms with Crippen molar-refractivity contribution in [2.75, 3.05) is 13.2 Å². The van der Waals surface area contributed by atoms with Crippen molar-refractivity contribution in [3.63, 3.8) is 0 Å². The molecule has 1 aromatic rings. The van der Waals surface area contributed by atoms with E-state index < -0.39 is 11.2 Å². The lowest BCUT2D eigenvalue weighted by Gasteiger charge is -2.46. The first-order valence-electron chi connectivity index (χ1n) is 13.0. The number of allylic oxidation sites excluding steroid dienone is 5. The molecular formula is C33H41ClO4. The van der Waals surface area contributed by atoms with E-state index in [1.54, 1.807) is 55.5 Å². The minimum atomic E-state index is -1.73. The highest BCUT2D eigenvalue weighted by molar-refractivity contribution is 6.32. The molecule has 0 aliphatic heterocycles. The summed E-state index contributed by atoms with van der Waals surface area (Å²) in [6.07, 6.45) is 12.6. The number of fused-ring (bicyclic) bond motifs is 1. The third kappa shape index (κ3) is 6.05. The molecule has 1 aliphatic carbocycles. The zero-order valence-electron chi connectivity index (χ0n) is 23.3. The number of ether oxygens (including phenoxy) is 2. The Morgan fingerprint density at radius 2 is 1.66 bits per heavy atom. The number of halogens is 1. The molecule has 0 amide bonds. The SMILES string of the molecule is C=C/C=C(/Cl)C1=C(C)C(O)(/C(C=C)=C/C=C(\C)OCC)c2ccccc2C1(O)C(=C)/C=C\C(CC)OCC. The van der Waals surface area contributed by atoms with Crippen LogP contribution < -0.4 is 0 Å². The van der Waals surface area contributed by atoms with Crippen LogP contribution in [0.15, 0.2) is 120 Å². The van der Waals surface area contributed by atoms with E-state index in [-0.39, 0.29) is 11.1 Å². The van der Waals surface area contributed by atoms with Gasteiger partial charge in [0.1, 0.15) is 11.2 Å². The summed E-state index contributed by atoms with van der Waals surface area (Å²) in [7, 11) is 0. The van der Waals surface area contributed by atoms with E-state index >= 15 is 0 Å². The Kier molecular flexibility index (Phi) is 11.4. The van der Waals surface area contributed by atoms with Gasteiger partial charge in [0, 0.05) is 17.2 Å². The van der Waals surface area contributed by atoms with Crippen LogP contribution in [0.2, 0.25) is 0 Å². The van der Waals surface area contributed by atoms with Gasteiger partial charge in [-0.25, -0.2) is 0 Å². The van der Waals surface area contributed by atoms with E-state index in [1.165, 1.54) is 0 Å². The molecule has 204 valence electrons. The molecule has 3 atom stereocenters. The number of aliphatic hydroxyl groups is 2. The normalized spacial score (nSPS) is 23.3. The molecule has 0 fully saturated rings. The van der Waals surface area contributed by atoms with Gasteiger partial charge in [0.25, 0.3) is 0 Å². The van der Waals surface area contributed by atoms with Crippen molar-refractivity contribution in [2.45, 2.75) is 58.3 Å². The standard InChI is InChI=1S/C33H41ClO4/c1-9-16-30(34)31-25(8)33(36,26(10-2)21-20-24(7)37-12-4)29-18-15-14-17-28(29)32(31,35)23(6)19-22-27(11-3)38-13-5/h9-10,14-22,27,35-36H,1-2,6,11-13H2,3-5,7-8H3/b22-19-,24-20+,26-21+,30-16+. The van der Waals surface area contributed by atoms with Crippen molar-refractivity contribution in [3.8, 4) is 0 Å². The van der Waals surface area contributed by atoms with Crippen LogP contribution in [-0.2, 0) is 20.7 Å². The molecule has 38 heavy (non-hydrogen) atoms. The van der Waals surface area contributed by atoms with Crippen molar-refractivity contribution in [2.24, 2.45) is 0 Å². The molecule has 1 aromatic carbocycles. The Bertz CT molecular complexity index is 1200. The molecule has 5 heteroatoms. The third-order valence-corrected chi connectivity index (χ3v) is 7.07. The van der Waals surface area contributed by atoms with Crippen molar-refractivity contribution in [3.05, 3.63) is 131 Å². The van der Waals surface area contributed by atoms with E-state index in [1.807, 2.05) is 45.9 Å². The van der Waals surface area contributed by atoms with Gasteiger partial charge in [-0.3, -0.25) is 0 Å². The molecule has 0 bridgehead atoms. The van der Waals surface area contributed by atoms with Gasteiger partial charge in [0.05, 0.1) is 18.5 Å². The van der Waals surface area contributed by atoms with E-state index in [0.717, 1.165) is 6.42 Å². The highest BCUT2D eigenvalue weighted by atomic mass is 35.5. The molecule has 0 aromatic heterocycles. The number of rotatable bonds is 13. The van der Waals surface area contributed by atoms with Crippen molar-refractivity contribution in [1.29, 1.82) is 0 Å². The highest BCUT2D eigenvalue weighted by Crippen LogP contribution is 2.55. The predicted octanol–water partition coefficient (Wildman–Crippen LogP) is 7.68. The van der Waals surface area contributed by atoms with Crippen LogP contribution in [0.5, 0.6) is 0 Å². The van der Waals surface area contributed by atoms with Crippen LogP contribution in [0.1, 0.15) is 52.2 Å². The monoisotopic (exact) mass is 536 g/mol. The maximum Gasteiger partial charge on any atom is 0.141 e. The summed E-state index contributed by atoms with van der Waals surface area (Å²) in [4.78, 5) is 0. The first-order chi connectivity index (χ1) is 18.1. The average Bonchev–Trinajstić information content (AvgIpc) is 2.90.